The molecule has 0 spiro atoms. The van der Waals surface area contributed by atoms with Crippen LogP contribution in [-0.4, -0.2) is 50.0 Å². The van der Waals surface area contributed by atoms with Crippen molar-refractivity contribution in [1.29, 1.82) is 0 Å². The molecule has 0 saturated heterocycles. The summed E-state index contributed by atoms with van der Waals surface area (Å²) in [6.07, 6.45) is 1.62. The third-order valence-corrected chi connectivity index (χ3v) is 6.18. The van der Waals surface area contributed by atoms with Gasteiger partial charge < -0.3 is 10.2 Å². The van der Waals surface area contributed by atoms with Gasteiger partial charge in [-0.1, -0.05) is 48.5 Å². The van der Waals surface area contributed by atoms with E-state index in [1.165, 1.54) is 4.31 Å². The number of nitrogens with one attached hydrogen (secondary N) is 1. The van der Waals surface area contributed by atoms with E-state index in [1.54, 1.807) is 36.1 Å². The fraction of sp³-hybridized carbons (Fsp3) is 0.417. The standard InChI is InChI=1S/C24H33N3O4S/c1-19(2)25-24(29)20(3)26(18-21-12-7-5-8-13-21)23(28)16-11-17-27(32(4,30)31)22-14-9-6-10-15-22/h5-10,12-15,19-20H,11,16-18H2,1-4H3,(H,25,29). The highest BCUT2D eigenvalue weighted by molar-refractivity contribution is 7.92. The SMILES string of the molecule is CC(C)NC(=O)C(C)N(Cc1ccccc1)C(=O)CCCN(c1ccccc1)S(C)(=O)=O. The topological polar surface area (TPSA) is 86.8 Å². The Hall–Kier alpha value is -2.87. The summed E-state index contributed by atoms with van der Waals surface area (Å²) < 4.78 is 25.8. The summed E-state index contributed by atoms with van der Waals surface area (Å²) in [6.45, 7) is 5.95. The first-order valence-corrected chi connectivity index (χ1v) is 12.6. The summed E-state index contributed by atoms with van der Waals surface area (Å²) >= 11 is 0. The van der Waals surface area contributed by atoms with Crippen LogP contribution in [0.15, 0.2) is 60.7 Å². The van der Waals surface area contributed by atoms with E-state index in [2.05, 4.69) is 5.32 Å². The predicted octanol–water partition coefficient (Wildman–Crippen LogP) is 3.17. The normalized spacial score (nSPS) is 12.3. The van der Waals surface area contributed by atoms with Crippen LogP contribution in [0.25, 0.3) is 0 Å². The Morgan fingerprint density at radius 1 is 0.938 bits per heavy atom. The number of carbonyl (C=O) groups excluding carboxylic acids is 2. The summed E-state index contributed by atoms with van der Waals surface area (Å²) in [6, 6.07) is 17.6. The van der Waals surface area contributed by atoms with Crippen molar-refractivity contribution >= 4 is 27.5 Å². The van der Waals surface area contributed by atoms with Gasteiger partial charge in [-0.3, -0.25) is 13.9 Å². The number of sulfonamides is 1. The van der Waals surface area contributed by atoms with Gasteiger partial charge in [0.15, 0.2) is 0 Å². The fourth-order valence-corrected chi connectivity index (χ4v) is 4.33. The monoisotopic (exact) mass is 459 g/mol. The maximum atomic E-state index is 13.1. The lowest BCUT2D eigenvalue weighted by molar-refractivity contribution is -0.140. The molecule has 1 N–H and O–H groups in total. The van der Waals surface area contributed by atoms with Crippen LogP contribution < -0.4 is 9.62 Å². The van der Waals surface area contributed by atoms with Gasteiger partial charge in [0, 0.05) is 25.6 Å². The molecule has 0 aromatic heterocycles. The summed E-state index contributed by atoms with van der Waals surface area (Å²) in [5, 5.41) is 2.86. The van der Waals surface area contributed by atoms with Gasteiger partial charge in [-0.15, -0.1) is 0 Å². The van der Waals surface area contributed by atoms with Crippen LogP contribution >= 0.6 is 0 Å². The molecule has 0 aliphatic rings. The maximum absolute atomic E-state index is 13.1. The zero-order valence-corrected chi connectivity index (χ0v) is 20.0. The van der Waals surface area contributed by atoms with Gasteiger partial charge in [-0.25, -0.2) is 8.42 Å². The van der Waals surface area contributed by atoms with E-state index >= 15 is 0 Å². The van der Waals surface area contributed by atoms with Gasteiger partial charge in [-0.2, -0.15) is 0 Å². The van der Waals surface area contributed by atoms with Gasteiger partial charge in [0.05, 0.1) is 11.9 Å². The quantitative estimate of drug-likeness (QED) is 0.559. The third-order valence-electron chi connectivity index (χ3n) is 4.99. The van der Waals surface area contributed by atoms with E-state index in [-0.39, 0.29) is 30.8 Å². The second kappa shape index (κ2) is 11.7. The van der Waals surface area contributed by atoms with Crippen LogP contribution in [0.4, 0.5) is 5.69 Å². The van der Waals surface area contributed by atoms with Gasteiger partial charge in [0.25, 0.3) is 0 Å². The number of hydrogen-bond acceptors (Lipinski definition) is 4. The van der Waals surface area contributed by atoms with E-state index in [4.69, 9.17) is 0 Å². The molecule has 0 radical (unpaired) electrons. The van der Waals surface area contributed by atoms with Crippen molar-refractivity contribution in [1.82, 2.24) is 10.2 Å². The molecule has 7 nitrogen and oxygen atoms in total. The Kier molecular flexibility index (Phi) is 9.26. The third kappa shape index (κ3) is 7.67. The molecule has 2 rings (SSSR count). The van der Waals surface area contributed by atoms with Crippen molar-refractivity contribution in [2.24, 2.45) is 0 Å². The molecule has 8 heteroatoms. The molecule has 1 atom stereocenters. The van der Waals surface area contributed by atoms with E-state index < -0.39 is 16.1 Å². The second-order valence-corrected chi connectivity index (χ2v) is 10.0. The van der Waals surface area contributed by atoms with Crippen molar-refractivity contribution in [3.63, 3.8) is 0 Å². The minimum atomic E-state index is -3.48. The van der Waals surface area contributed by atoms with E-state index in [1.807, 2.05) is 50.2 Å². The largest absolute Gasteiger partial charge is 0.352 e. The van der Waals surface area contributed by atoms with Crippen LogP contribution in [0, 0.1) is 0 Å². The van der Waals surface area contributed by atoms with Gasteiger partial charge in [0.2, 0.25) is 21.8 Å². The number of rotatable bonds is 11. The molecule has 0 bridgehead atoms. The highest BCUT2D eigenvalue weighted by atomic mass is 32.2. The van der Waals surface area contributed by atoms with Gasteiger partial charge in [0.1, 0.15) is 6.04 Å². The van der Waals surface area contributed by atoms with E-state index in [0.717, 1.165) is 11.8 Å². The Morgan fingerprint density at radius 3 is 2.03 bits per heavy atom. The van der Waals surface area contributed by atoms with Crippen molar-refractivity contribution in [3.05, 3.63) is 66.2 Å². The lowest BCUT2D eigenvalue weighted by Gasteiger charge is -2.30. The molecule has 0 aliphatic carbocycles. The second-order valence-electron chi connectivity index (χ2n) is 8.12. The smallest absolute Gasteiger partial charge is 0.242 e. The number of carbonyl (C=O) groups is 2. The predicted molar refractivity (Wildman–Crippen MR) is 128 cm³/mol. The Morgan fingerprint density at radius 2 is 1.50 bits per heavy atom. The van der Waals surface area contributed by atoms with Crippen LogP contribution in [0.3, 0.4) is 0 Å². The molecule has 174 valence electrons. The molecule has 0 fully saturated rings. The first-order chi connectivity index (χ1) is 15.1. The highest BCUT2D eigenvalue weighted by Crippen LogP contribution is 2.18. The maximum Gasteiger partial charge on any atom is 0.242 e. The lowest BCUT2D eigenvalue weighted by atomic mass is 10.1. The summed E-state index contributed by atoms with van der Waals surface area (Å²) in [5.74, 6) is -0.409. The molecule has 0 saturated carbocycles. The van der Waals surface area contributed by atoms with Crippen LogP contribution in [0.2, 0.25) is 0 Å². The van der Waals surface area contributed by atoms with Crippen LogP contribution in [-0.2, 0) is 26.2 Å². The summed E-state index contributed by atoms with van der Waals surface area (Å²) in [4.78, 5) is 27.3. The highest BCUT2D eigenvalue weighted by Gasteiger charge is 2.26. The molecular formula is C24H33N3O4S. The number of para-hydroxylation sites is 1. The van der Waals surface area contributed by atoms with E-state index in [9.17, 15) is 18.0 Å². The number of anilines is 1. The molecule has 2 aromatic rings. The Balaban J connectivity index is 2.12. The first-order valence-electron chi connectivity index (χ1n) is 10.8. The lowest BCUT2D eigenvalue weighted by Crippen LogP contribution is -2.49. The number of nitrogens with zero attached hydrogens (tertiary/aromatic N) is 2. The van der Waals surface area contributed by atoms with Crippen molar-refractivity contribution in [2.45, 2.75) is 52.2 Å². The number of benzene rings is 2. The summed E-state index contributed by atoms with van der Waals surface area (Å²) in [7, 11) is -3.48. The van der Waals surface area contributed by atoms with Crippen molar-refractivity contribution < 1.29 is 18.0 Å². The van der Waals surface area contributed by atoms with Crippen LogP contribution in [0.1, 0.15) is 39.2 Å². The molecule has 0 aliphatic heterocycles. The Bertz CT molecular complexity index is 979. The fourth-order valence-electron chi connectivity index (χ4n) is 3.37. The Labute approximate surface area is 191 Å². The molecule has 2 amide bonds. The van der Waals surface area contributed by atoms with Crippen LogP contribution in [0.5, 0.6) is 0 Å². The summed E-state index contributed by atoms with van der Waals surface area (Å²) in [5.41, 5.74) is 1.49. The molecule has 0 heterocycles. The first kappa shape index (κ1) is 25.4. The van der Waals surface area contributed by atoms with Gasteiger partial charge >= 0.3 is 0 Å². The zero-order chi connectivity index (χ0) is 23.7. The van der Waals surface area contributed by atoms with E-state index in [0.29, 0.717) is 18.7 Å². The van der Waals surface area contributed by atoms with Crippen molar-refractivity contribution in [2.75, 3.05) is 17.1 Å². The zero-order valence-electron chi connectivity index (χ0n) is 19.2. The molecule has 32 heavy (non-hydrogen) atoms. The minimum Gasteiger partial charge on any atom is -0.352 e. The minimum absolute atomic E-state index is 0.0344. The van der Waals surface area contributed by atoms with Gasteiger partial charge in [-0.05, 0) is 44.9 Å². The molecule has 1 unspecified atom stereocenters. The number of hydrogen-bond donors (Lipinski definition) is 1. The molecule has 2 aromatic carbocycles. The average molecular weight is 460 g/mol. The number of amides is 2. The average Bonchev–Trinajstić information content (AvgIpc) is 2.74. The van der Waals surface area contributed by atoms with Crippen molar-refractivity contribution in [3.8, 4) is 0 Å². The molecular weight excluding hydrogens is 426 g/mol.